The van der Waals surface area contributed by atoms with Gasteiger partial charge in [0.1, 0.15) is 0 Å². The molecule has 118 valence electrons. The molecule has 21 heavy (non-hydrogen) atoms. The highest BCUT2D eigenvalue weighted by molar-refractivity contribution is 7.89. The molecule has 0 saturated heterocycles. The van der Waals surface area contributed by atoms with Gasteiger partial charge in [-0.05, 0) is 49.9 Å². The first kappa shape index (κ1) is 16.5. The third-order valence-corrected chi connectivity index (χ3v) is 5.80. The minimum atomic E-state index is -3.34. The van der Waals surface area contributed by atoms with Gasteiger partial charge in [-0.1, -0.05) is 26.0 Å². The first-order chi connectivity index (χ1) is 10.1. The largest absolute Gasteiger partial charge is 0.314 e. The van der Waals surface area contributed by atoms with Crippen LogP contribution in [-0.4, -0.2) is 38.4 Å². The number of sulfonamides is 1. The van der Waals surface area contributed by atoms with E-state index in [1.54, 1.807) is 12.1 Å². The van der Waals surface area contributed by atoms with Crippen LogP contribution < -0.4 is 5.32 Å². The van der Waals surface area contributed by atoms with Crippen molar-refractivity contribution < 1.29 is 8.42 Å². The molecular formula is C16H26N2O2S. The number of hydrogen-bond acceptors (Lipinski definition) is 3. The molecule has 0 spiro atoms. The number of nitrogens with zero attached hydrogens (tertiary/aromatic N) is 1. The van der Waals surface area contributed by atoms with Crippen LogP contribution in [-0.2, 0) is 16.4 Å². The topological polar surface area (TPSA) is 49.4 Å². The van der Waals surface area contributed by atoms with Crippen LogP contribution in [0.5, 0.6) is 0 Å². The molecule has 1 aliphatic carbocycles. The van der Waals surface area contributed by atoms with Gasteiger partial charge in [0, 0.05) is 19.1 Å². The Morgan fingerprint density at radius 2 is 1.86 bits per heavy atom. The van der Waals surface area contributed by atoms with Gasteiger partial charge in [-0.15, -0.1) is 0 Å². The van der Waals surface area contributed by atoms with Crippen molar-refractivity contribution in [3.8, 4) is 0 Å². The average Bonchev–Trinajstić information content (AvgIpc) is 3.29. The lowest BCUT2D eigenvalue weighted by atomic mass is 10.1. The van der Waals surface area contributed by atoms with Gasteiger partial charge in [0.2, 0.25) is 10.0 Å². The van der Waals surface area contributed by atoms with E-state index in [9.17, 15) is 8.42 Å². The van der Waals surface area contributed by atoms with E-state index in [0.717, 1.165) is 25.4 Å². The van der Waals surface area contributed by atoms with Gasteiger partial charge in [-0.25, -0.2) is 8.42 Å². The standard InChI is InChI=1S/C16H26N2O2S/c1-3-13-18(4-2)21(19,20)16-9-5-14(6-10-16)11-12-17-15-7-8-15/h5-6,9-10,15,17H,3-4,7-8,11-13H2,1-2H3. The van der Waals surface area contributed by atoms with Crippen LogP contribution in [0.4, 0.5) is 0 Å². The second-order valence-electron chi connectivity index (χ2n) is 5.62. The summed E-state index contributed by atoms with van der Waals surface area (Å²) in [5.74, 6) is 0. The number of benzene rings is 1. The Balaban J connectivity index is 1.98. The third-order valence-electron chi connectivity index (χ3n) is 3.81. The zero-order valence-corrected chi connectivity index (χ0v) is 13.8. The van der Waals surface area contributed by atoms with Gasteiger partial charge in [0.05, 0.1) is 4.90 Å². The molecule has 4 nitrogen and oxygen atoms in total. The third kappa shape index (κ3) is 4.53. The smallest absolute Gasteiger partial charge is 0.243 e. The molecule has 1 aromatic rings. The van der Waals surface area contributed by atoms with Crippen LogP contribution in [0.15, 0.2) is 29.2 Å². The lowest BCUT2D eigenvalue weighted by Crippen LogP contribution is -2.31. The van der Waals surface area contributed by atoms with E-state index in [1.807, 2.05) is 26.0 Å². The van der Waals surface area contributed by atoms with Gasteiger partial charge in [-0.2, -0.15) is 4.31 Å². The monoisotopic (exact) mass is 310 g/mol. The first-order valence-electron chi connectivity index (χ1n) is 7.90. The second kappa shape index (κ2) is 7.38. The van der Waals surface area contributed by atoms with Crippen LogP contribution in [0.2, 0.25) is 0 Å². The second-order valence-corrected chi connectivity index (χ2v) is 7.56. The summed E-state index contributed by atoms with van der Waals surface area (Å²) in [6.45, 7) is 5.93. The fourth-order valence-electron chi connectivity index (χ4n) is 2.38. The summed E-state index contributed by atoms with van der Waals surface area (Å²) in [7, 11) is -3.34. The Kier molecular flexibility index (Phi) is 5.79. The summed E-state index contributed by atoms with van der Waals surface area (Å²) in [4.78, 5) is 0.400. The Morgan fingerprint density at radius 3 is 2.38 bits per heavy atom. The van der Waals surface area contributed by atoms with Crippen molar-refractivity contribution in [2.75, 3.05) is 19.6 Å². The zero-order valence-electron chi connectivity index (χ0n) is 13.0. The van der Waals surface area contributed by atoms with E-state index in [-0.39, 0.29) is 0 Å². The Bertz CT molecular complexity index is 536. The van der Waals surface area contributed by atoms with Gasteiger partial charge < -0.3 is 5.32 Å². The minimum absolute atomic E-state index is 0.400. The summed E-state index contributed by atoms with van der Waals surface area (Å²) >= 11 is 0. The molecule has 0 bridgehead atoms. The van der Waals surface area contributed by atoms with E-state index in [2.05, 4.69) is 5.32 Å². The number of rotatable bonds is 9. The molecule has 0 heterocycles. The summed E-state index contributed by atoms with van der Waals surface area (Å²) in [5, 5.41) is 3.47. The SMILES string of the molecule is CCCN(CC)S(=O)(=O)c1ccc(CCNC2CC2)cc1. The van der Waals surface area contributed by atoms with Crippen molar-refractivity contribution in [3.05, 3.63) is 29.8 Å². The van der Waals surface area contributed by atoms with Crippen LogP contribution >= 0.6 is 0 Å². The molecule has 1 N–H and O–H groups in total. The van der Waals surface area contributed by atoms with E-state index in [4.69, 9.17) is 0 Å². The molecule has 1 aromatic carbocycles. The van der Waals surface area contributed by atoms with Crippen molar-refractivity contribution in [2.24, 2.45) is 0 Å². The van der Waals surface area contributed by atoms with Crippen molar-refractivity contribution in [1.29, 1.82) is 0 Å². The Labute approximate surface area is 128 Å². The first-order valence-corrected chi connectivity index (χ1v) is 9.34. The molecule has 1 aliphatic rings. The molecule has 2 rings (SSSR count). The molecule has 1 fully saturated rings. The summed E-state index contributed by atoms with van der Waals surface area (Å²) in [6, 6.07) is 8.06. The molecule has 0 radical (unpaired) electrons. The van der Waals surface area contributed by atoms with Gasteiger partial charge >= 0.3 is 0 Å². The number of nitrogens with one attached hydrogen (secondary N) is 1. The predicted molar refractivity (Wildman–Crippen MR) is 85.9 cm³/mol. The summed E-state index contributed by atoms with van der Waals surface area (Å²) in [6.07, 6.45) is 4.37. The molecule has 5 heteroatoms. The summed E-state index contributed by atoms with van der Waals surface area (Å²) < 4.78 is 26.5. The summed E-state index contributed by atoms with van der Waals surface area (Å²) in [5.41, 5.74) is 1.18. The maximum atomic E-state index is 12.5. The molecule has 1 saturated carbocycles. The van der Waals surface area contributed by atoms with Crippen LogP contribution in [0.1, 0.15) is 38.7 Å². The van der Waals surface area contributed by atoms with E-state index in [1.165, 1.54) is 22.7 Å². The van der Waals surface area contributed by atoms with E-state index in [0.29, 0.717) is 18.0 Å². The quantitative estimate of drug-likeness (QED) is 0.762. The van der Waals surface area contributed by atoms with Crippen molar-refractivity contribution in [3.63, 3.8) is 0 Å². The van der Waals surface area contributed by atoms with E-state index < -0.39 is 10.0 Å². The molecule has 0 aromatic heterocycles. The van der Waals surface area contributed by atoms with Crippen molar-refractivity contribution in [1.82, 2.24) is 9.62 Å². The lowest BCUT2D eigenvalue weighted by molar-refractivity contribution is 0.427. The van der Waals surface area contributed by atoms with Crippen molar-refractivity contribution >= 4 is 10.0 Å². The molecule has 0 amide bonds. The Hall–Kier alpha value is -0.910. The Morgan fingerprint density at radius 1 is 1.19 bits per heavy atom. The maximum absolute atomic E-state index is 12.5. The lowest BCUT2D eigenvalue weighted by Gasteiger charge is -2.19. The van der Waals surface area contributed by atoms with Crippen molar-refractivity contribution in [2.45, 2.75) is 50.5 Å². The van der Waals surface area contributed by atoms with Gasteiger partial charge in [0.15, 0.2) is 0 Å². The zero-order chi connectivity index (χ0) is 15.3. The molecule has 0 aliphatic heterocycles. The average molecular weight is 310 g/mol. The predicted octanol–water partition coefficient (Wildman–Crippen LogP) is 2.40. The normalized spacial score (nSPS) is 15.6. The maximum Gasteiger partial charge on any atom is 0.243 e. The fraction of sp³-hybridized carbons (Fsp3) is 0.625. The molecule has 0 unspecified atom stereocenters. The fourth-order valence-corrected chi connectivity index (χ4v) is 3.92. The van der Waals surface area contributed by atoms with Crippen LogP contribution in [0, 0.1) is 0 Å². The highest BCUT2D eigenvalue weighted by atomic mass is 32.2. The molecule has 0 atom stereocenters. The van der Waals surface area contributed by atoms with E-state index >= 15 is 0 Å². The van der Waals surface area contributed by atoms with Crippen LogP contribution in [0.3, 0.4) is 0 Å². The highest BCUT2D eigenvalue weighted by Gasteiger charge is 2.22. The number of hydrogen-bond donors (Lipinski definition) is 1. The van der Waals surface area contributed by atoms with Gasteiger partial charge in [-0.3, -0.25) is 0 Å². The highest BCUT2D eigenvalue weighted by Crippen LogP contribution is 2.19. The van der Waals surface area contributed by atoms with Crippen LogP contribution in [0.25, 0.3) is 0 Å². The minimum Gasteiger partial charge on any atom is -0.314 e. The molecular weight excluding hydrogens is 284 g/mol. The van der Waals surface area contributed by atoms with Gasteiger partial charge in [0.25, 0.3) is 0 Å².